The number of benzene rings is 1. The van der Waals surface area contributed by atoms with E-state index in [2.05, 4.69) is 61.5 Å². The Bertz CT molecular complexity index is 838. The van der Waals surface area contributed by atoms with Crippen LogP contribution in [-0.4, -0.2) is 98.7 Å². The van der Waals surface area contributed by atoms with Crippen LogP contribution in [-0.2, 0) is 11.3 Å². The quantitative estimate of drug-likeness (QED) is 0.214. The number of amides is 1. The maximum absolute atomic E-state index is 12.1. The third-order valence-corrected chi connectivity index (χ3v) is 5.56. The number of guanidine groups is 1. The molecule has 0 spiro atoms. The highest BCUT2D eigenvalue weighted by molar-refractivity contribution is 14.0. The van der Waals surface area contributed by atoms with Gasteiger partial charge in [0.15, 0.2) is 5.96 Å². The molecule has 1 aliphatic heterocycles. The first-order valence-electron chi connectivity index (χ1n) is 11.1. The van der Waals surface area contributed by atoms with Gasteiger partial charge in [-0.2, -0.15) is 0 Å². The van der Waals surface area contributed by atoms with E-state index in [-0.39, 0.29) is 36.4 Å². The molecule has 0 radical (unpaired) electrons. The molecule has 0 atom stereocenters. The van der Waals surface area contributed by atoms with Crippen molar-refractivity contribution in [2.45, 2.75) is 13.0 Å². The van der Waals surface area contributed by atoms with E-state index in [9.17, 15) is 4.79 Å². The molecule has 1 aromatic heterocycles. The second kappa shape index (κ2) is 14.0. The first-order valence-corrected chi connectivity index (χ1v) is 11.1. The number of hydrogen-bond donors (Lipinski definition) is 1. The third kappa shape index (κ3) is 8.84. The molecular formula is C23H36IN7O2. The second-order valence-electron chi connectivity index (χ2n) is 8.22. The molecule has 3 rings (SSSR count). The normalized spacial score (nSPS) is 14.5. The molecule has 0 aliphatic carbocycles. The van der Waals surface area contributed by atoms with Crippen LogP contribution in [0.25, 0.3) is 0 Å². The van der Waals surface area contributed by atoms with E-state index in [1.807, 2.05) is 12.1 Å². The number of carbonyl (C=O) groups excluding carboxylic acids is 1. The number of hydrogen-bond acceptors (Lipinski definition) is 6. The average Bonchev–Trinajstić information content (AvgIpc) is 3.32. The van der Waals surface area contributed by atoms with Crippen LogP contribution >= 0.6 is 24.0 Å². The predicted molar refractivity (Wildman–Crippen MR) is 142 cm³/mol. The minimum absolute atomic E-state index is 0. The van der Waals surface area contributed by atoms with Gasteiger partial charge in [-0.1, -0.05) is 23.4 Å². The van der Waals surface area contributed by atoms with Crippen molar-refractivity contribution in [3.63, 3.8) is 0 Å². The van der Waals surface area contributed by atoms with E-state index in [0.717, 1.165) is 63.9 Å². The molecule has 1 aliphatic rings. The summed E-state index contributed by atoms with van der Waals surface area (Å²) >= 11 is 0. The Labute approximate surface area is 213 Å². The molecule has 10 heteroatoms. The van der Waals surface area contributed by atoms with Gasteiger partial charge in [-0.25, -0.2) is 4.99 Å². The summed E-state index contributed by atoms with van der Waals surface area (Å²) < 4.78 is 4.93. The van der Waals surface area contributed by atoms with Crippen LogP contribution in [0.4, 0.5) is 5.69 Å². The van der Waals surface area contributed by atoms with E-state index < -0.39 is 0 Å². The lowest BCUT2D eigenvalue weighted by atomic mass is 10.3. The number of carbonyl (C=O) groups is 1. The van der Waals surface area contributed by atoms with Crippen LogP contribution in [0, 0.1) is 0 Å². The average molecular weight is 569 g/mol. The van der Waals surface area contributed by atoms with Crippen molar-refractivity contribution in [1.82, 2.24) is 25.2 Å². The summed E-state index contributed by atoms with van der Waals surface area (Å²) in [5.41, 5.74) is 2.16. The van der Waals surface area contributed by atoms with E-state index in [0.29, 0.717) is 0 Å². The molecule has 1 saturated heterocycles. The van der Waals surface area contributed by atoms with Crippen LogP contribution in [0.3, 0.4) is 0 Å². The number of aromatic nitrogens is 1. The zero-order chi connectivity index (χ0) is 22.8. The lowest BCUT2D eigenvalue weighted by Gasteiger charge is -2.36. The second-order valence-corrected chi connectivity index (χ2v) is 8.22. The van der Waals surface area contributed by atoms with Crippen molar-refractivity contribution < 1.29 is 9.32 Å². The Morgan fingerprint density at radius 1 is 1.12 bits per heavy atom. The van der Waals surface area contributed by atoms with Gasteiger partial charge in [0.05, 0.1) is 5.69 Å². The number of para-hydroxylation sites is 1. The van der Waals surface area contributed by atoms with Crippen molar-refractivity contribution >= 4 is 41.5 Å². The molecular weight excluding hydrogens is 533 g/mol. The molecule has 2 aromatic rings. The highest BCUT2D eigenvalue weighted by atomic mass is 127. The smallest absolute Gasteiger partial charge is 0.243 e. The molecule has 2 heterocycles. The van der Waals surface area contributed by atoms with Crippen molar-refractivity contribution in [2.75, 3.05) is 71.9 Å². The predicted octanol–water partition coefficient (Wildman–Crippen LogP) is 1.97. The van der Waals surface area contributed by atoms with Gasteiger partial charge in [0.2, 0.25) is 5.91 Å². The Hall–Kier alpha value is -2.34. The lowest BCUT2D eigenvalue weighted by Crippen LogP contribution is -2.52. The van der Waals surface area contributed by atoms with Crippen molar-refractivity contribution in [1.29, 1.82) is 0 Å². The Morgan fingerprint density at radius 3 is 2.48 bits per heavy atom. The summed E-state index contributed by atoms with van der Waals surface area (Å²) in [6, 6.07) is 12.3. The number of halogens is 1. The standard InChI is InChI=1S/C23H35N7O2.HI/c1-27(2)22(31)18-25-23(24-11-7-12-28(3)21-8-5-4-6-9-21)30-15-13-29(14-16-30)19-20-10-17-32-26-20;/h4-6,8-10,17H,7,11-16,18-19H2,1-3H3,(H,24,25);1H. The van der Waals surface area contributed by atoms with E-state index in [1.54, 1.807) is 25.3 Å². The van der Waals surface area contributed by atoms with Gasteiger partial charge in [0.1, 0.15) is 12.8 Å². The van der Waals surface area contributed by atoms with Crippen molar-refractivity contribution in [2.24, 2.45) is 4.99 Å². The van der Waals surface area contributed by atoms with E-state index >= 15 is 0 Å². The molecule has 1 N–H and O–H groups in total. The maximum atomic E-state index is 12.1. The van der Waals surface area contributed by atoms with Gasteiger partial charge in [-0.05, 0) is 18.6 Å². The molecule has 0 unspecified atom stereocenters. The maximum Gasteiger partial charge on any atom is 0.243 e. The Kier molecular flexibility index (Phi) is 11.4. The van der Waals surface area contributed by atoms with Gasteiger partial charge in [0, 0.05) is 78.7 Å². The molecule has 33 heavy (non-hydrogen) atoms. The summed E-state index contributed by atoms with van der Waals surface area (Å²) in [5.74, 6) is 0.807. The molecule has 1 aromatic carbocycles. The highest BCUT2D eigenvalue weighted by Crippen LogP contribution is 2.11. The minimum Gasteiger partial charge on any atom is -0.375 e. The molecule has 1 amide bonds. The topological polar surface area (TPSA) is 80.5 Å². The number of nitrogens with zero attached hydrogens (tertiary/aromatic N) is 6. The first-order chi connectivity index (χ1) is 15.5. The van der Waals surface area contributed by atoms with Crippen LogP contribution in [0.2, 0.25) is 0 Å². The number of rotatable bonds is 9. The lowest BCUT2D eigenvalue weighted by molar-refractivity contribution is -0.127. The monoisotopic (exact) mass is 569 g/mol. The zero-order valence-corrected chi connectivity index (χ0v) is 22.1. The summed E-state index contributed by atoms with van der Waals surface area (Å²) in [4.78, 5) is 25.1. The summed E-state index contributed by atoms with van der Waals surface area (Å²) in [6.07, 6.45) is 2.58. The van der Waals surface area contributed by atoms with Gasteiger partial charge >= 0.3 is 0 Å². The van der Waals surface area contributed by atoms with Crippen LogP contribution in [0.5, 0.6) is 0 Å². The number of aliphatic imine (C=N–C) groups is 1. The number of likely N-dealkylation sites (N-methyl/N-ethyl adjacent to an activating group) is 1. The van der Waals surface area contributed by atoms with Crippen LogP contribution in [0.1, 0.15) is 12.1 Å². The SMILES string of the molecule is CN(C)C(=O)CN=C(NCCCN(C)c1ccccc1)N1CCN(Cc2ccon2)CC1.I. The number of anilines is 1. The first kappa shape index (κ1) is 26.9. The highest BCUT2D eigenvalue weighted by Gasteiger charge is 2.21. The van der Waals surface area contributed by atoms with Gasteiger partial charge < -0.3 is 24.5 Å². The number of piperazine rings is 1. The zero-order valence-electron chi connectivity index (χ0n) is 19.8. The fourth-order valence-electron chi connectivity index (χ4n) is 3.55. The van der Waals surface area contributed by atoms with Crippen LogP contribution < -0.4 is 10.2 Å². The van der Waals surface area contributed by atoms with Gasteiger partial charge in [-0.3, -0.25) is 9.69 Å². The molecule has 0 bridgehead atoms. The Morgan fingerprint density at radius 2 is 1.85 bits per heavy atom. The Balaban J connectivity index is 0.00000385. The van der Waals surface area contributed by atoms with Gasteiger partial charge in [-0.15, -0.1) is 24.0 Å². The molecule has 0 saturated carbocycles. The summed E-state index contributed by atoms with van der Waals surface area (Å²) in [7, 11) is 5.62. The largest absolute Gasteiger partial charge is 0.375 e. The third-order valence-electron chi connectivity index (χ3n) is 5.56. The molecule has 1 fully saturated rings. The van der Waals surface area contributed by atoms with E-state index in [1.165, 1.54) is 5.69 Å². The fraction of sp³-hybridized carbons (Fsp3) is 0.522. The molecule has 182 valence electrons. The van der Waals surface area contributed by atoms with E-state index in [4.69, 9.17) is 4.52 Å². The summed E-state index contributed by atoms with van der Waals surface area (Å²) in [6.45, 7) is 6.19. The van der Waals surface area contributed by atoms with Crippen LogP contribution in [0.15, 0.2) is 52.2 Å². The van der Waals surface area contributed by atoms with Crippen molar-refractivity contribution in [3.05, 3.63) is 48.4 Å². The fourth-order valence-corrected chi connectivity index (χ4v) is 3.55. The summed E-state index contributed by atoms with van der Waals surface area (Å²) in [5, 5.41) is 7.49. The number of nitrogens with one attached hydrogen (secondary N) is 1. The minimum atomic E-state index is -0.00206. The molecule has 9 nitrogen and oxygen atoms in total. The van der Waals surface area contributed by atoms with Crippen molar-refractivity contribution in [3.8, 4) is 0 Å². The van der Waals surface area contributed by atoms with Gasteiger partial charge in [0.25, 0.3) is 0 Å².